The van der Waals surface area contributed by atoms with Crippen molar-refractivity contribution in [2.75, 3.05) is 31.1 Å². The number of pyridine rings is 1. The van der Waals surface area contributed by atoms with Gasteiger partial charge >= 0.3 is 5.97 Å². The monoisotopic (exact) mass is 345 g/mol. The van der Waals surface area contributed by atoms with E-state index >= 15 is 0 Å². The first-order valence-corrected chi connectivity index (χ1v) is 7.92. The second kappa shape index (κ2) is 6.88. The largest absolute Gasteiger partial charge is 0.477 e. The van der Waals surface area contributed by atoms with Crippen LogP contribution >= 0.6 is 11.6 Å². The molecule has 124 valence electrons. The van der Waals surface area contributed by atoms with Crippen LogP contribution in [0.4, 0.5) is 5.82 Å². The average Bonchev–Trinajstić information content (AvgIpc) is 2.62. The summed E-state index contributed by atoms with van der Waals surface area (Å²) in [4.78, 5) is 31.4. The molecule has 24 heavy (non-hydrogen) atoms. The van der Waals surface area contributed by atoms with Gasteiger partial charge in [0.15, 0.2) is 5.69 Å². The molecule has 0 saturated carbocycles. The van der Waals surface area contributed by atoms with Gasteiger partial charge in [0.05, 0.1) is 0 Å². The van der Waals surface area contributed by atoms with Crippen LogP contribution < -0.4 is 4.90 Å². The molecule has 0 aliphatic carbocycles. The smallest absolute Gasteiger partial charge is 0.354 e. The molecule has 0 spiro atoms. The fraction of sp³-hybridized carbons (Fsp3) is 0.235. The maximum atomic E-state index is 12.5. The summed E-state index contributed by atoms with van der Waals surface area (Å²) in [6, 6.07) is 11.8. The Morgan fingerprint density at radius 1 is 1.00 bits per heavy atom. The van der Waals surface area contributed by atoms with E-state index in [1.807, 2.05) is 4.90 Å². The number of carboxylic acids is 1. The number of carbonyl (C=O) groups is 2. The van der Waals surface area contributed by atoms with Crippen molar-refractivity contribution in [1.82, 2.24) is 9.88 Å². The number of carboxylic acid groups (broad SMARTS) is 1. The van der Waals surface area contributed by atoms with Crippen molar-refractivity contribution in [3.05, 3.63) is 58.7 Å². The zero-order valence-electron chi connectivity index (χ0n) is 12.9. The van der Waals surface area contributed by atoms with Crippen LogP contribution in [0.1, 0.15) is 20.8 Å². The first kappa shape index (κ1) is 16.3. The van der Waals surface area contributed by atoms with E-state index in [0.29, 0.717) is 42.6 Å². The molecule has 1 aliphatic rings. The highest BCUT2D eigenvalue weighted by Crippen LogP contribution is 2.17. The SMILES string of the molecule is O=C(O)c1cccc(N2CCN(C(=O)c3ccc(Cl)cc3)CC2)n1. The lowest BCUT2D eigenvalue weighted by Crippen LogP contribution is -2.49. The molecule has 1 aliphatic heterocycles. The summed E-state index contributed by atoms with van der Waals surface area (Å²) in [7, 11) is 0. The molecule has 1 aromatic carbocycles. The third kappa shape index (κ3) is 3.49. The summed E-state index contributed by atoms with van der Waals surface area (Å²) in [5, 5.41) is 9.62. The Labute approximate surface area is 144 Å². The van der Waals surface area contributed by atoms with Crippen LogP contribution in [0.15, 0.2) is 42.5 Å². The molecule has 7 heteroatoms. The number of aromatic carboxylic acids is 1. The minimum Gasteiger partial charge on any atom is -0.477 e. The van der Waals surface area contributed by atoms with E-state index in [2.05, 4.69) is 4.98 Å². The van der Waals surface area contributed by atoms with E-state index in [9.17, 15) is 9.59 Å². The van der Waals surface area contributed by atoms with Gasteiger partial charge in [-0.05, 0) is 36.4 Å². The van der Waals surface area contributed by atoms with Gasteiger partial charge in [-0.2, -0.15) is 0 Å². The summed E-state index contributed by atoms with van der Waals surface area (Å²) < 4.78 is 0. The Morgan fingerprint density at radius 3 is 2.29 bits per heavy atom. The number of carbonyl (C=O) groups excluding carboxylic acids is 1. The molecule has 1 aromatic heterocycles. The first-order valence-electron chi connectivity index (χ1n) is 7.55. The Hall–Kier alpha value is -2.60. The van der Waals surface area contributed by atoms with Crippen LogP contribution in [0.5, 0.6) is 0 Å². The number of benzene rings is 1. The van der Waals surface area contributed by atoms with Gasteiger partial charge in [0, 0.05) is 36.8 Å². The van der Waals surface area contributed by atoms with Crippen molar-refractivity contribution >= 4 is 29.3 Å². The Morgan fingerprint density at radius 2 is 1.67 bits per heavy atom. The minimum atomic E-state index is -1.05. The Kier molecular flexibility index (Phi) is 4.66. The fourth-order valence-corrected chi connectivity index (χ4v) is 2.76. The van der Waals surface area contributed by atoms with Crippen LogP contribution in [0, 0.1) is 0 Å². The number of nitrogens with zero attached hydrogens (tertiary/aromatic N) is 3. The third-order valence-corrected chi connectivity index (χ3v) is 4.19. The van der Waals surface area contributed by atoms with Gasteiger partial charge in [-0.1, -0.05) is 17.7 Å². The van der Waals surface area contributed by atoms with Crippen LogP contribution in [0.2, 0.25) is 5.02 Å². The van der Waals surface area contributed by atoms with Crippen molar-refractivity contribution in [3.63, 3.8) is 0 Å². The predicted molar refractivity (Wildman–Crippen MR) is 90.8 cm³/mol. The number of rotatable bonds is 3. The molecule has 0 radical (unpaired) electrons. The maximum absolute atomic E-state index is 12.5. The number of piperazine rings is 1. The molecule has 0 unspecified atom stereocenters. The topological polar surface area (TPSA) is 73.7 Å². The van der Waals surface area contributed by atoms with Crippen LogP contribution in [0.3, 0.4) is 0 Å². The molecule has 6 nitrogen and oxygen atoms in total. The molecule has 1 fully saturated rings. The van der Waals surface area contributed by atoms with E-state index in [-0.39, 0.29) is 11.6 Å². The average molecular weight is 346 g/mol. The molecule has 0 bridgehead atoms. The number of anilines is 1. The molecule has 3 rings (SSSR count). The molecule has 2 heterocycles. The molecule has 1 saturated heterocycles. The second-order valence-electron chi connectivity index (χ2n) is 5.47. The maximum Gasteiger partial charge on any atom is 0.354 e. The standard InChI is InChI=1S/C17H16ClN3O3/c18-13-6-4-12(5-7-13)16(22)21-10-8-20(9-11-21)15-3-1-2-14(19-15)17(23)24/h1-7H,8-11H2,(H,23,24). The molecule has 1 N–H and O–H groups in total. The lowest BCUT2D eigenvalue weighted by Gasteiger charge is -2.35. The van der Waals surface area contributed by atoms with Gasteiger partial charge in [0.2, 0.25) is 0 Å². The second-order valence-corrected chi connectivity index (χ2v) is 5.91. The zero-order valence-corrected chi connectivity index (χ0v) is 13.6. The highest BCUT2D eigenvalue weighted by molar-refractivity contribution is 6.30. The van der Waals surface area contributed by atoms with Crippen molar-refractivity contribution in [2.45, 2.75) is 0 Å². The van der Waals surface area contributed by atoms with Gasteiger partial charge in [-0.15, -0.1) is 0 Å². The van der Waals surface area contributed by atoms with E-state index in [0.717, 1.165) is 0 Å². The van der Waals surface area contributed by atoms with Gasteiger partial charge in [0.1, 0.15) is 5.82 Å². The van der Waals surface area contributed by atoms with E-state index < -0.39 is 5.97 Å². The van der Waals surface area contributed by atoms with E-state index in [1.165, 1.54) is 6.07 Å². The highest BCUT2D eigenvalue weighted by atomic mass is 35.5. The molecule has 1 amide bonds. The van der Waals surface area contributed by atoms with Gasteiger partial charge in [0.25, 0.3) is 5.91 Å². The predicted octanol–water partition coefficient (Wildman–Crippen LogP) is 2.40. The van der Waals surface area contributed by atoms with E-state index in [1.54, 1.807) is 41.3 Å². The highest BCUT2D eigenvalue weighted by Gasteiger charge is 2.23. The molecule has 0 atom stereocenters. The normalized spacial score (nSPS) is 14.5. The van der Waals surface area contributed by atoms with Crippen molar-refractivity contribution < 1.29 is 14.7 Å². The third-order valence-electron chi connectivity index (χ3n) is 3.94. The zero-order chi connectivity index (χ0) is 17.1. The lowest BCUT2D eigenvalue weighted by atomic mass is 10.2. The van der Waals surface area contributed by atoms with Gasteiger partial charge in [-0.3, -0.25) is 4.79 Å². The Bertz CT molecular complexity index is 756. The summed E-state index contributed by atoms with van der Waals surface area (Å²) >= 11 is 5.84. The molecular weight excluding hydrogens is 330 g/mol. The summed E-state index contributed by atoms with van der Waals surface area (Å²) in [5.41, 5.74) is 0.631. The van der Waals surface area contributed by atoms with Crippen LogP contribution in [-0.2, 0) is 0 Å². The summed E-state index contributed by atoms with van der Waals surface area (Å²) in [5.74, 6) is -0.458. The fourth-order valence-electron chi connectivity index (χ4n) is 2.63. The molecule has 2 aromatic rings. The van der Waals surface area contributed by atoms with Gasteiger partial charge in [-0.25, -0.2) is 9.78 Å². The number of aromatic nitrogens is 1. The summed E-state index contributed by atoms with van der Waals surface area (Å²) in [6.07, 6.45) is 0. The minimum absolute atomic E-state index is 0.0205. The molecular formula is C17H16ClN3O3. The van der Waals surface area contributed by atoms with E-state index in [4.69, 9.17) is 16.7 Å². The number of hydrogen-bond acceptors (Lipinski definition) is 4. The number of hydrogen-bond donors (Lipinski definition) is 1. The van der Waals surface area contributed by atoms with Crippen LogP contribution in [-0.4, -0.2) is 53.0 Å². The van der Waals surface area contributed by atoms with Crippen molar-refractivity contribution in [1.29, 1.82) is 0 Å². The first-order chi connectivity index (χ1) is 11.5. The van der Waals surface area contributed by atoms with Gasteiger partial charge < -0.3 is 14.9 Å². The Balaban J connectivity index is 1.65. The summed E-state index contributed by atoms with van der Waals surface area (Å²) in [6.45, 7) is 2.33. The quantitative estimate of drug-likeness (QED) is 0.924. The van der Waals surface area contributed by atoms with Crippen LogP contribution in [0.25, 0.3) is 0 Å². The number of halogens is 1. The number of amides is 1. The lowest BCUT2D eigenvalue weighted by molar-refractivity contribution is 0.0690. The van der Waals surface area contributed by atoms with Crippen molar-refractivity contribution in [3.8, 4) is 0 Å². The van der Waals surface area contributed by atoms with Crippen molar-refractivity contribution in [2.24, 2.45) is 0 Å².